The van der Waals surface area contributed by atoms with Gasteiger partial charge in [0.2, 0.25) is 0 Å². The van der Waals surface area contributed by atoms with Crippen LogP contribution in [0, 0.1) is 6.07 Å². The Balaban J connectivity index is 2.40. The number of carbonyl (C=O) groups is 1. The average molecular weight is 229 g/mol. The molecule has 0 saturated carbocycles. The molecule has 0 atom stereocenters. The molecular formula is C13H9O4. The first-order valence-electron chi connectivity index (χ1n) is 4.85. The lowest BCUT2D eigenvalue weighted by molar-refractivity contribution is 0.103. The van der Waals surface area contributed by atoms with Crippen molar-refractivity contribution in [1.82, 2.24) is 0 Å². The van der Waals surface area contributed by atoms with E-state index in [4.69, 9.17) is 10.2 Å². The summed E-state index contributed by atoms with van der Waals surface area (Å²) < 4.78 is 0. The normalized spacial score (nSPS) is 10.1. The Bertz CT molecular complexity index is 558. The van der Waals surface area contributed by atoms with E-state index in [0.29, 0.717) is 5.56 Å². The Kier molecular flexibility index (Phi) is 2.70. The maximum atomic E-state index is 11.9. The fraction of sp³-hybridized carbons (Fsp3) is 0. The highest BCUT2D eigenvalue weighted by molar-refractivity contribution is 6.10. The molecule has 0 aliphatic rings. The highest BCUT2D eigenvalue weighted by Crippen LogP contribution is 2.24. The van der Waals surface area contributed by atoms with Crippen molar-refractivity contribution in [3.8, 4) is 17.2 Å². The van der Waals surface area contributed by atoms with Crippen molar-refractivity contribution in [2.24, 2.45) is 0 Å². The number of rotatable bonds is 2. The van der Waals surface area contributed by atoms with Crippen LogP contribution in [0.4, 0.5) is 0 Å². The van der Waals surface area contributed by atoms with Gasteiger partial charge in [-0.25, -0.2) is 0 Å². The van der Waals surface area contributed by atoms with E-state index >= 15 is 0 Å². The zero-order valence-electron chi connectivity index (χ0n) is 8.71. The maximum absolute atomic E-state index is 11.9. The summed E-state index contributed by atoms with van der Waals surface area (Å²) in [5.41, 5.74) is 0.300. The van der Waals surface area contributed by atoms with E-state index in [2.05, 4.69) is 6.07 Å². The van der Waals surface area contributed by atoms with Crippen LogP contribution in [0.15, 0.2) is 36.4 Å². The molecule has 0 bridgehead atoms. The van der Waals surface area contributed by atoms with Gasteiger partial charge in [0, 0.05) is 17.7 Å². The van der Waals surface area contributed by atoms with Gasteiger partial charge in [-0.05, 0) is 30.3 Å². The highest BCUT2D eigenvalue weighted by Gasteiger charge is 2.14. The van der Waals surface area contributed by atoms with E-state index in [1.54, 1.807) is 0 Å². The van der Waals surface area contributed by atoms with Crippen molar-refractivity contribution >= 4 is 5.78 Å². The van der Waals surface area contributed by atoms with Crippen LogP contribution in [0.25, 0.3) is 0 Å². The Morgan fingerprint density at radius 1 is 1.00 bits per heavy atom. The summed E-state index contributed by atoms with van der Waals surface area (Å²) in [5.74, 6) is -0.865. The largest absolute Gasteiger partial charge is 0.508 e. The van der Waals surface area contributed by atoms with Crippen LogP contribution in [-0.4, -0.2) is 21.1 Å². The van der Waals surface area contributed by atoms with Gasteiger partial charge in [-0.15, -0.1) is 0 Å². The Labute approximate surface area is 97.4 Å². The van der Waals surface area contributed by atoms with Crippen LogP contribution < -0.4 is 0 Å². The van der Waals surface area contributed by atoms with Crippen molar-refractivity contribution in [1.29, 1.82) is 0 Å². The van der Waals surface area contributed by atoms with Crippen molar-refractivity contribution < 1.29 is 20.1 Å². The van der Waals surface area contributed by atoms with Crippen molar-refractivity contribution in [2.45, 2.75) is 0 Å². The molecule has 0 saturated heterocycles. The summed E-state index contributed by atoms with van der Waals surface area (Å²) in [6.45, 7) is 0. The number of phenols is 3. The Morgan fingerprint density at radius 2 is 1.65 bits per heavy atom. The molecule has 0 spiro atoms. The number of phenolic OH excluding ortho intramolecular Hbond substituents is 3. The van der Waals surface area contributed by atoms with E-state index in [0.717, 1.165) is 6.07 Å². The number of hydrogen-bond acceptors (Lipinski definition) is 4. The smallest absolute Gasteiger partial charge is 0.197 e. The highest BCUT2D eigenvalue weighted by atomic mass is 16.3. The van der Waals surface area contributed by atoms with Gasteiger partial charge >= 0.3 is 0 Å². The molecular weight excluding hydrogens is 220 g/mol. The molecule has 0 aliphatic heterocycles. The van der Waals surface area contributed by atoms with Crippen molar-refractivity contribution in [3.63, 3.8) is 0 Å². The fourth-order valence-electron chi connectivity index (χ4n) is 1.41. The lowest BCUT2D eigenvalue weighted by Gasteiger charge is -2.04. The van der Waals surface area contributed by atoms with Gasteiger partial charge in [-0.2, -0.15) is 0 Å². The van der Waals surface area contributed by atoms with Crippen LogP contribution in [0.3, 0.4) is 0 Å². The van der Waals surface area contributed by atoms with Gasteiger partial charge in [0.25, 0.3) is 0 Å². The summed E-state index contributed by atoms with van der Waals surface area (Å²) in [4.78, 5) is 11.9. The molecule has 4 nitrogen and oxygen atoms in total. The van der Waals surface area contributed by atoms with Gasteiger partial charge in [0.15, 0.2) is 5.78 Å². The van der Waals surface area contributed by atoms with Crippen molar-refractivity contribution in [3.05, 3.63) is 53.6 Å². The van der Waals surface area contributed by atoms with E-state index < -0.39 is 5.78 Å². The zero-order chi connectivity index (χ0) is 12.4. The van der Waals surface area contributed by atoms with E-state index in [-0.39, 0.29) is 22.8 Å². The summed E-state index contributed by atoms with van der Waals surface area (Å²) in [7, 11) is 0. The second-order valence-electron chi connectivity index (χ2n) is 3.49. The second-order valence-corrected chi connectivity index (χ2v) is 3.49. The van der Waals surface area contributed by atoms with Crippen LogP contribution in [0.2, 0.25) is 0 Å². The predicted molar refractivity (Wildman–Crippen MR) is 60.1 cm³/mol. The molecule has 2 aromatic carbocycles. The maximum Gasteiger partial charge on any atom is 0.197 e. The van der Waals surface area contributed by atoms with E-state index in [9.17, 15) is 9.90 Å². The molecule has 85 valence electrons. The first-order valence-corrected chi connectivity index (χ1v) is 4.85. The molecule has 0 amide bonds. The zero-order valence-corrected chi connectivity index (χ0v) is 8.71. The van der Waals surface area contributed by atoms with Gasteiger partial charge < -0.3 is 15.3 Å². The molecule has 0 fully saturated rings. The molecule has 0 heterocycles. The molecule has 2 rings (SSSR count). The topological polar surface area (TPSA) is 77.8 Å². The van der Waals surface area contributed by atoms with Gasteiger partial charge in [0.1, 0.15) is 17.2 Å². The van der Waals surface area contributed by atoms with Crippen LogP contribution >= 0.6 is 0 Å². The van der Waals surface area contributed by atoms with Crippen LogP contribution in [-0.2, 0) is 0 Å². The molecule has 0 aromatic heterocycles. The van der Waals surface area contributed by atoms with E-state index in [1.807, 2.05) is 0 Å². The average Bonchev–Trinajstić information content (AvgIpc) is 2.29. The summed E-state index contributed by atoms with van der Waals surface area (Å²) in [6, 6.07) is 10.4. The molecule has 0 aliphatic carbocycles. The quantitative estimate of drug-likeness (QED) is 0.686. The minimum Gasteiger partial charge on any atom is -0.508 e. The fourth-order valence-corrected chi connectivity index (χ4v) is 1.41. The summed E-state index contributed by atoms with van der Waals surface area (Å²) >= 11 is 0. The molecule has 1 radical (unpaired) electrons. The molecule has 4 heteroatoms. The number of hydrogen-bond donors (Lipinski definition) is 3. The van der Waals surface area contributed by atoms with E-state index in [1.165, 1.54) is 30.3 Å². The first-order chi connectivity index (χ1) is 8.08. The minimum atomic E-state index is -0.428. The SMILES string of the molecule is O=C(c1ccc(O)cc1)c1[c]cc(O)cc1O. The van der Waals surface area contributed by atoms with Crippen LogP contribution in [0.5, 0.6) is 17.2 Å². The molecule has 0 unspecified atom stereocenters. The summed E-state index contributed by atoms with van der Waals surface area (Å²) in [6.07, 6.45) is 0. The lowest BCUT2D eigenvalue weighted by Crippen LogP contribution is -2.01. The third-order valence-corrected chi connectivity index (χ3v) is 2.26. The van der Waals surface area contributed by atoms with Crippen LogP contribution in [0.1, 0.15) is 15.9 Å². The number of benzene rings is 2. The number of ketones is 1. The third-order valence-electron chi connectivity index (χ3n) is 2.26. The monoisotopic (exact) mass is 229 g/mol. The predicted octanol–water partition coefficient (Wildman–Crippen LogP) is 1.83. The van der Waals surface area contributed by atoms with Crippen molar-refractivity contribution in [2.75, 3.05) is 0 Å². The van der Waals surface area contributed by atoms with Gasteiger partial charge in [-0.3, -0.25) is 4.79 Å². The summed E-state index contributed by atoms with van der Waals surface area (Å²) in [5, 5.41) is 27.7. The number of aromatic hydroxyl groups is 3. The third kappa shape index (κ3) is 2.20. The van der Waals surface area contributed by atoms with Gasteiger partial charge in [-0.1, -0.05) is 0 Å². The second kappa shape index (κ2) is 4.17. The molecule has 17 heavy (non-hydrogen) atoms. The molecule has 2 aromatic rings. The van der Waals surface area contributed by atoms with Gasteiger partial charge in [0.05, 0.1) is 5.56 Å². The Morgan fingerprint density at radius 3 is 2.24 bits per heavy atom. The standard InChI is InChI=1S/C13H9O4/c14-9-3-1-8(2-4-9)13(17)11-6-5-10(15)7-12(11)16/h1-5,7,14-16H. The first kappa shape index (κ1) is 11.0. The lowest BCUT2D eigenvalue weighted by atomic mass is 10.0. The Hall–Kier alpha value is -2.49. The molecule has 3 N–H and O–H groups in total. The minimum absolute atomic E-state index is 0.0199. The number of carbonyl (C=O) groups excluding carboxylic acids is 1.